The number of pyridine rings is 1. The van der Waals surface area contributed by atoms with Crippen LogP contribution >= 0.6 is 0 Å². The number of nitrogens with two attached hydrogens (primary N) is 3. The van der Waals surface area contributed by atoms with Crippen molar-refractivity contribution in [3.8, 4) is 17.2 Å². The molecule has 0 saturated heterocycles. The van der Waals surface area contributed by atoms with Gasteiger partial charge in [0.2, 0.25) is 0 Å². The van der Waals surface area contributed by atoms with E-state index in [-0.39, 0.29) is 39.6 Å². The monoisotopic (exact) mass is 508 g/mol. The van der Waals surface area contributed by atoms with E-state index in [2.05, 4.69) is 10.3 Å². The van der Waals surface area contributed by atoms with Crippen LogP contribution in [-0.4, -0.2) is 44.5 Å². The van der Waals surface area contributed by atoms with Crippen LogP contribution in [0.5, 0.6) is 17.2 Å². The highest BCUT2D eigenvalue weighted by Crippen LogP contribution is 2.26. The van der Waals surface area contributed by atoms with E-state index in [0.29, 0.717) is 11.4 Å². The lowest BCUT2D eigenvalue weighted by Crippen LogP contribution is -2.26. The highest BCUT2D eigenvalue weighted by atomic mass is 16.5. The van der Waals surface area contributed by atoms with E-state index >= 15 is 0 Å². The molecule has 1 heterocycles. The number of hydrogen-bond donors (Lipinski definition) is 8. The van der Waals surface area contributed by atoms with E-state index in [4.69, 9.17) is 32.3 Å². The summed E-state index contributed by atoms with van der Waals surface area (Å²) in [6, 6.07) is 10.8. The van der Waals surface area contributed by atoms with Crippen LogP contribution in [0.1, 0.15) is 32.1 Å². The molecule has 2 aromatic carbocycles. The normalized spacial score (nSPS) is 11.6. The van der Waals surface area contributed by atoms with Crippen molar-refractivity contribution in [3.63, 3.8) is 0 Å². The van der Waals surface area contributed by atoms with E-state index in [1.165, 1.54) is 62.0 Å². The molecule has 0 aliphatic heterocycles. The van der Waals surface area contributed by atoms with Crippen LogP contribution in [0.15, 0.2) is 60.9 Å². The van der Waals surface area contributed by atoms with Gasteiger partial charge in [-0.15, -0.1) is 0 Å². The van der Waals surface area contributed by atoms with E-state index in [1.807, 2.05) is 0 Å². The number of aromatic nitrogens is 1. The molecule has 3 aromatic rings. The lowest BCUT2D eigenvalue weighted by Gasteiger charge is -2.16. The number of nitrogens with zero attached hydrogens (tertiary/aromatic N) is 2. The van der Waals surface area contributed by atoms with Crippen LogP contribution < -0.4 is 32.4 Å². The molecule has 0 saturated carbocycles. The summed E-state index contributed by atoms with van der Waals surface area (Å²) in [7, 11) is 1.44. The van der Waals surface area contributed by atoms with Gasteiger partial charge in [0.25, 0.3) is 0 Å². The van der Waals surface area contributed by atoms with E-state index in [0.717, 1.165) is 5.01 Å². The fraction of sp³-hybridized carbons (Fsp3) is 0.0417. The molecule has 0 atom stereocenters. The first-order valence-electron chi connectivity index (χ1n) is 10.4. The summed E-state index contributed by atoms with van der Waals surface area (Å²) in [4.78, 5) is 26.5. The van der Waals surface area contributed by atoms with Gasteiger partial charge in [0.15, 0.2) is 0 Å². The second kappa shape index (κ2) is 10.9. The van der Waals surface area contributed by atoms with Crippen molar-refractivity contribution in [3.05, 3.63) is 83.4 Å². The van der Waals surface area contributed by atoms with Crippen molar-refractivity contribution in [2.45, 2.75) is 0 Å². The summed E-state index contributed by atoms with van der Waals surface area (Å²) in [5.74, 6) is 2.95. The van der Waals surface area contributed by atoms with Crippen molar-refractivity contribution in [2.75, 3.05) is 17.4 Å². The Kier molecular flexibility index (Phi) is 7.70. The summed E-state index contributed by atoms with van der Waals surface area (Å²) in [6.07, 6.45) is 2.70. The zero-order valence-corrected chi connectivity index (χ0v) is 19.4. The van der Waals surface area contributed by atoms with Gasteiger partial charge in [0.1, 0.15) is 28.4 Å². The van der Waals surface area contributed by atoms with Gasteiger partial charge in [-0.25, -0.2) is 20.4 Å². The minimum Gasteiger partial charge on any atom is -0.507 e. The van der Waals surface area contributed by atoms with Crippen molar-refractivity contribution < 1.29 is 34.8 Å². The Balaban J connectivity index is 1.87. The molecule has 0 aliphatic rings. The van der Waals surface area contributed by atoms with Crippen LogP contribution in [0.25, 0.3) is 11.4 Å². The molecular weight excluding hydrogens is 484 g/mol. The molecule has 0 aliphatic carbocycles. The van der Waals surface area contributed by atoms with Gasteiger partial charge in [0, 0.05) is 42.4 Å². The van der Waals surface area contributed by atoms with Gasteiger partial charge in [-0.3, -0.25) is 5.01 Å². The third kappa shape index (κ3) is 6.17. The molecule has 192 valence electrons. The average molecular weight is 508 g/mol. The number of carbonyl (C=O) groups is 2. The number of hydrazine groups is 1. The van der Waals surface area contributed by atoms with Gasteiger partial charge in [0.05, 0.1) is 35.6 Å². The maximum absolute atomic E-state index is 11.1. The molecule has 0 unspecified atom stereocenters. The molecule has 13 nitrogen and oxygen atoms in total. The molecule has 1 aromatic heterocycles. The van der Waals surface area contributed by atoms with Crippen LogP contribution in [0.3, 0.4) is 0 Å². The minimum atomic E-state index is -1.29. The number of anilines is 2. The van der Waals surface area contributed by atoms with Gasteiger partial charge in [-0.05, 0) is 24.3 Å². The van der Waals surface area contributed by atoms with E-state index in [1.54, 1.807) is 6.07 Å². The highest BCUT2D eigenvalue weighted by molar-refractivity contribution is 5.92. The first-order valence-corrected chi connectivity index (χ1v) is 10.4. The molecule has 0 amide bonds. The molecule has 0 spiro atoms. The quantitative estimate of drug-likeness (QED) is 0.153. The summed E-state index contributed by atoms with van der Waals surface area (Å²) in [6.45, 7) is 0. The second-order valence-corrected chi connectivity index (χ2v) is 7.56. The van der Waals surface area contributed by atoms with Crippen molar-refractivity contribution >= 4 is 34.7 Å². The first kappa shape index (κ1) is 26.2. The van der Waals surface area contributed by atoms with Crippen LogP contribution in [0.2, 0.25) is 0 Å². The topological polar surface area (TPSA) is 231 Å². The average Bonchev–Trinajstić information content (AvgIpc) is 2.86. The van der Waals surface area contributed by atoms with Crippen LogP contribution in [0, 0.1) is 0 Å². The molecule has 0 radical (unpaired) electrons. The number of benzene rings is 2. The van der Waals surface area contributed by atoms with E-state index in [9.17, 15) is 19.8 Å². The summed E-state index contributed by atoms with van der Waals surface area (Å²) in [5.41, 5.74) is 13.2. The minimum absolute atomic E-state index is 0.0967. The Morgan fingerprint density at radius 3 is 2.03 bits per heavy atom. The van der Waals surface area contributed by atoms with Gasteiger partial charge in [-0.2, -0.15) is 0 Å². The number of methoxy groups -OCH3 is 1. The molecule has 37 heavy (non-hydrogen) atoms. The van der Waals surface area contributed by atoms with Gasteiger partial charge in [-0.1, -0.05) is 0 Å². The van der Waals surface area contributed by atoms with Crippen molar-refractivity contribution in [2.24, 2.45) is 17.3 Å². The largest absolute Gasteiger partial charge is 0.507 e. The summed E-state index contributed by atoms with van der Waals surface area (Å²) < 4.78 is 5.30. The Morgan fingerprint density at radius 2 is 1.49 bits per heavy atom. The Hall–Kier alpha value is -5.43. The standard InChI is InChI=1S/C24H24N6O7/c1-37-14-8-19(17(25)10-28-12-2-4-15(23(33)34)21(31)6-12)29-20(9-14)18(26)11-30(27)13-3-5-16(24(35)36)22(32)7-13/h2-11,28,31-32H,25-27H2,1H3,(H,33,34)(H,35,36)/b17-10-,18-11-. The van der Waals surface area contributed by atoms with E-state index < -0.39 is 23.4 Å². The molecule has 11 N–H and O–H groups in total. The lowest BCUT2D eigenvalue weighted by molar-refractivity contribution is 0.0682. The number of ether oxygens (including phenoxy) is 1. The third-order valence-corrected chi connectivity index (χ3v) is 5.04. The third-order valence-electron chi connectivity index (χ3n) is 5.04. The maximum Gasteiger partial charge on any atom is 0.339 e. The molecule has 3 rings (SSSR count). The predicted molar refractivity (Wildman–Crippen MR) is 136 cm³/mol. The fourth-order valence-electron chi connectivity index (χ4n) is 3.11. The number of aromatic carboxylic acids is 2. The predicted octanol–water partition coefficient (Wildman–Crippen LogP) is 1.90. The zero-order valence-electron chi connectivity index (χ0n) is 19.4. The number of carboxylic acid groups (broad SMARTS) is 2. The molecule has 0 fully saturated rings. The van der Waals surface area contributed by atoms with Crippen LogP contribution in [0.4, 0.5) is 11.4 Å². The maximum atomic E-state index is 11.1. The van der Waals surface area contributed by atoms with Crippen molar-refractivity contribution in [1.82, 2.24) is 4.98 Å². The van der Waals surface area contributed by atoms with Gasteiger partial charge >= 0.3 is 11.9 Å². The van der Waals surface area contributed by atoms with Crippen LogP contribution in [-0.2, 0) is 0 Å². The first-order chi connectivity index (χ1) is 17.5. The highest BCUT2D eigenvalue weighted by Gasteiger charge is 2.13. The summed E-state index contributed by atoms with van der Waals surface area (Å²) >= 11 is 0. The Labute approximate surface area is 210 Å². The number of nitrogens with one attached hydrogen (secondary N) is 1. The summed E-state index contributed by atoms with van der Waals surface area (Å²) in [5, 5.41) is 41.7. The lowest BCUT2D eigenvalue weighted by atomic mass is 10.1. The molecule has 0 bridgehead atoms. The Morgan fingerprint density at radius 1 is 0.919 bits per heavy atom. The van der Waals surface area contributed by atoms with Crippen molar-refractivity contribution in [1.29, 1.82) is 0 Å². The Bertz CT molecular complexity index is 1420. The number of phenols is 2. The number of hydrogen-bond acceptors (Lipinski definition) is 11. The molecular formula is C24H24N6O7. The smallest absolute Gasteiger partial charge is 0.339 e. The second-order valence-electron chi connectivity index (χ2n) is 7.56. The molecule has 13 heteroatoms. The number of aromatic hydroxyl groups is 2. The van der Waals surface area contributed by atoms with Gasteiger partial charge < -0.3 is 41.9 Å². The zero-order chi connectivity index (χ0) is 27.3. The number of rotatable bonds is 9. The fourth-order valence-corrected chi connectivity index (χ4v) is 3.11. The SMILES string of the molecule is COc1cc(/C(N)=C/Nc2ccc(C(=O)O)c(O)c2)nc(/C(N)=C/N(N)c2ccc(C(=O)O)c(O)c2)c1. The number of carboxylic acids is 2.